The summed E-state index contributed by atoms with van der Waals surface area (Å²) in [4.78, 5) is 41.0. The maximum Gasteiger partial charge on any atom is 0.340 e. The van der Waals surface area contributed by atoms with E-state index in [2.05, 4.69) is 10.3 Å². The Morgan fingerprint density at radius 3 is 2.71 bits per heavy atom. The van der Waals surface area contributed by atoms with E-state index in [-0.39, 0.29) is 17.9 Å². The number of methoxy groups -OCH3 is 1. The summed E-state index contributed by atoms with van der Waals surface area (Å²) in [6.07, 6.45) is 2.16. The molecule has 0 aliphatic carbocycles. The summed E-state index contributed by atoms with van der Waals surface area (Å²) in [5, 5.41) is 3.31. The number of benzene rings is 2. The Bertz CT molecular complexity index is 1090. The number of hydrogen-bond donors (Lipinski definition) is 1. The first-order valence-corrected chi connectivity index (χ1v) is 8.93. The van der Waals surface area contributed by atoms with Gasteiger partial charge in [0.2, 0.25) is 5.91 Å². The van der Waals surface area contributed by atoms with Crippen LogP contribution < -0.4 is 10.9 Å². The predicted octanol–water partition coefficient (Wildman–Crippen LogP) is 2.91. The molecule has 1 amide bonds. The van der Waals surface area contributed by atoms with E-state index in [1.165, 1.54) is 18.0 Å². The first kappa shape index (κ1) is 19.3. The van der Waals surface area contributed by atoms with Crippen LogP contribution in [0.25, 0.3) is 10.9 Å². The minimum Gasteiger partial charge on any atom is -0.465 e. The van der Waals surface area contributed by atoms with Gasteiger partial charge in [-0.1, -0.05) is 24.3 Å². The second-order valence-electron chi connectivity index (χ2n) is 6.40. The van der Waals surface area contributed by atoms with Gasteiger partial charge in [0.05, 0.1) is 35.6 Å². The molecule has 0 saturated carbocycles. The quantitative estimate of drug-likeness (QED) is 0.665. The Labute approximate surface area is 162 Å². The third kappa shape index (κ3) is 4.09. The third-order valence-corrected chi connectivity index (χ3v) is 4.47. The average molecular weight is 379 g/mol. The van der Waals surface area contributed by atoms with Crippen molar-refractivity contribution >= 4 is 28.5 Å². The summed E-state index contributed by atoms with van der Waals surface area (Å²) >= 11 is 0. The number of nitrogens with zero attached hydrogens (tertiary/aromatic N) is 2. The van der Waals surface area contributed by atoms with Gasteiger partial charge >= 0.3 is 5.97 Å². The molecule has 1 N–H and O–H groups in total. The Kier molecular flexibility index (Phi) is 5.84. The zero-order chi connectivity index (χ0) is 20.1. The Morgan fingerprint density at radius 2 is 1.93 bits per heavy atom. The topological polar surface area (TPSA) is 90.3 Å². The van der Waals surface area contributed by atoms with E-state index < -0.39 is 5.97 Å². The number of ether oxygens (including phenoxy) is 1. The molecule has 1 aromatic heterocycles. The highest BCUT2D eigenvalue weighted by molar-refractivity contribution is 6.02. The molecular weight excluding hydrogens is 358 g/mol. The molecule has 0 unspecified atom stereocenters. The summed E-state index contributed by atoms with van der Waals surface area (Å²) < 4.78 is 6.29. The standard InChI is InChI=1S/C21H21N3O4/c1-14-7-5-10-17(19(14)21(27)28-2)23-18(25)11-6-12-24-13-22-16-9-4-3-8-15(16)20(24)26/h3-5,7-10,13H,6,11-12H2,1-2H3,(H,23,25). The molecule has 0 saturated heterocycles. The van der Waals surface area contributed by atoms with Crippen LogP contribution in [0.4, 0.5) is 5.69 Å². The van der Waals surface area contributed by atoms with Crippen LogP contribution in [0.3, 0.4) is 0 Å². The molecule has 0 bridgehead atoms. The van der Waals surface area contributed by atoms with Crippen LogP contribution in [0.1, 0.15) is 28.8 Å². The van der Waals surface area contributed by atoms with Gasteiger partial charge in [-0.15, -0.1) is 0 Å². The number of anilines is 1. The fourth-order valence-electron chi connectivity index (χ4n) is 3.03. The maximum absolute atomic E-state index is 12.5. The molecular formula is C21H21N3O4. The summed E-state index contributed by atoms with van der Waals surface area (Å²) in [7, 11) is 1.30. The van der Waals surface area contributed by atoms with E-state index in [1.54, 1.807) is 43.3 Å². The van der Waals surface area contributed by atoms with E-state index in [0.29, 0.717) is 35.1 Å². The van der Waals surface area contributed by atoms with Crippen molar-refractivity contribution < 1.29 is 14.3 Å². The van der Waals surface area contributed by atoms with E-state index in [1.807, 2.05) is 6.07 Å². The third-order valence-electron chi connectivity index (χ3n) is 4.47. The van der Waals surface area contributed by atoms with Gasteiger partial charge in [-0.2, -0.15) is 0 Å². The Hall–Kier alpha value is -3.48. The van der Waals surface area contributed by atoms with Crippen LogP contribution >= 0.6 is 0 Å². The van der Waals surface area contributed by atoms with Gasteiger partial charge < -0.3 is 10.1 Å². The molecule has 0 radical (unpaired) electrons. The normalized spacial score (nSPS) is 10.6. The summed E-state index contributed by atoms with van der Waals surface area (Å²) in [6, 6.07) is 12.4. The molecule has 3 aromatic rings. The second kappa shape index (κ2) is 8.47. The van der Waals surface area contributed by atoms with Crippen molar-refractivity contribution in [2.75, 3.05) is 12.4 Å². The molecule has 3 rings (SSSR count). The number of carbonyl (C=O) groups excluding carboxylic acids is 2. The molecule has 7 heteroatoms. The molecule has 0 fully saturated rings. The summed E-state index contributed by atoms with van der Waals surface area (Å²) in [5.41, 5.74) is 2.00. The van der Waals surface area contributed by atoms with Gasteiger partial charge in [0.15, 0.2) is 0 Å². The molecule has 7 nitrogen and oxygen atoms in total. The van der Waals surface area contributed by atoms with Crippen molar-refractivity contribution in [3.63, 3.8) is 0 Å². The van der Waals surface area contributed by atoms with Crippen LogP contribution in [-0.2, 0) is 16.1 Å². The fraction of sp³-hybridized carbons (Fsp3) is 0.238. The number of fused-ring (bicyclic) bond motifs is 1. The van der Waals surface area contributed by atoms with Crippen molar-refractivity contribution in [1.82, 2.24) is 9.55 Å². The number of hydrogen-bond acceptors (Lipinski definition) is 5. The van der Waals surface area contributed by atoms with Crippen LogP contribution in [-0.4, -0.2) is 28.5 Å². The minimum atomic E-state index is -0.498. The monoisotopic (exact) mass is 379 g/mol. The van der Waals surface area contributed by atoms with Gasteiger partial charge in [0.1, 0.15) is 0 Å². The second-order valence-corrected chi connectivity index (χ2v) is 6.40. The fourth-order valence-corrected chi connectivity index (χ4v) is 3.03. The van der Waals surface area contributed by atoms with Crippen molar-refractivity contribution in [2.45, 2.75) is 26.3 Å². The van der Waals surface area contributed by atoms with Crippen molar-refractivity contribution in [2.24, 2.45) is 0 Å². The van der Waals surface area contributed by atoms with Crippen molar-refractivity contribution in [3.05, 3.63) is 70.3 Å². The Balaban J connectivity index is 1.65. The van der Waals surface area contributed by atoms with Gasteiger partial charge in [-0.25, -0.2) is 9.78 Å². The molecule has 144 valence electrons. The highest BCUT2D eigenvalue weighted by Crippen LogP contribution is 2.21. The first-order chi connectivity index (χ1) is 13.5. The van der Waals surface area contributed by atoms with Gasteiger partial charge in [0.25, 0.3) is 5.56 Å². The number of nitrogens with one attached hydrogen (secondary N) is 1. The van der Waals surface area contributed by atoms with Crippen molar-refractivity contribution in [1.29, 1.82) is 0 Å². The zero-order valence-corrected chi connectivity index (χ0v) is 15.8. The van der Waals surface area contributed by atoms with Crippen LogP contribution in [0.2, 0.25) is 0 Å². The first-order valence-electron chi connectivity index (χ1n) is 8.93. The van der Waals surface area contributed by atoms with E-state index >= 15 is 0 Å². The lowest BCUT2D eigenvalue weighted by Crippen LogP contribution is -2.22. The molecule has 0 aliphatic heterocycles. The number of para-hydroxylation sites is 1. The van der Waals surface area contributed by atoms with E-state index in [0.717, 1.165) is 5.56 Å². The summed E-state index contributed by atoms with van der Waals surface area (Å²) in [5.74, 6) is -0.736. The lowest BCUT2D eigenvalue weighted by atomic mass is 10.1. The van der Waals surface area contributed by atoms with E-state index in [9.17, 15) is 14.4 Å². The molecule has 2 aromatic carbocycles. The average Bonchev–Trinajstić information content (AvgIpc) is 2.69. The number of esters is 1. The Morgan fingerprint density at radius 1 is 1.14 bits per heavy atom. The summed E-state index contributed by atoms with van der Waals surface area (Å²) in [6.45, 7) is 2.16. The number of amides is 1. The van der Waals surface area contributed by atoms with Crippen LogP contribution in [0.15, 0.2) is 53.6 Å². The van der Waals surface area contributed by atoms with E-state index in [4.69, 9.17) is 4.74 Å². The minimum absolute atomic E-state index is 0.127. The van der Waals surface area contributed by atoms with Crippen molar-refractivity contribution in [3.8, 4) is 0 Å². The lowest BCUT2D eigenvalue weighted by Gasteiger charge is -2.12. The predicted molar refractivity (Wildman–Crippen MR) is 106 cm³/mol. The number of aromatic nitrogens is 2. The van der Waals surface area contributed by atoms with Crippen LogP contribution in [0, 0.1) is 6.92 Å². The smallest absolute Gasteiger partial charge is 0.340 e. The molecule has 1 heterocycles. The lowest BCUT2D eigenvalue weighted by molar-refractivity contribution is -0.116. The van der Waals surface area contributed by atoms with Gasteiger partial charge in [0, 0.05) is 13.0 Å². The number of aryl methyl sites for hydroxylation is 2. The molecule has 28 heavy (non-hydrogen) atoms. The largest absolute Gasteiger partial charge is 0.465 e. The molecule has 0 spiro atoms. The maximum atomic E-state index is 12.5. The highest BCUT2D eigenvalue weighted by Gasteiger charge is 2.16. The van der Waals surface area contributed by atoms with Gasteiger partial charge in [-0.3, -0.25) is 14.2 Å². The highest BCUT2D eigenvalue weighted by atomic mass is 16.5. The zero-order valence-electron chi connectivity index (χ0n) is 15.8. The SMILES string of the molecule is COC(=O)c1c(C)cccc1NC(=O)CCCn1cnc2ccccc2c1=O. The number of rotatable bonds is 6. The molecule has 0 atom stereocenters. The van der Waals surface area contributed by atoms with Gasteiger partial charge in [-0.05, 0) is 37.1 Å². The van der Waals surface area contributed by atoms with Crippen LogP contribution in [0.5, 0.6) is 0 Å². The number of carbonyl (C=O) groups is 2. The molecule has 0 aliphatic rings.